The molecule has 152 valence electrons. The maximum absolute atomic E-state index is 12.9. The quantitative estimate of drug-likeness (QED) is 0.378. The van der Waals surface area contributed by atoms with E-state index >= 15 is 0 Å². The molecule has 6 nitrogen and oxygen atoms in total. The van der Waals surface area contributed by atoms with Crippen LogP contribution in [0, 0.1) is 0 Å². The van der Waals surface area contributed by atoms with Gasteiger partial charge in [0.15, 0.2) is 16.8 Å². The fourth-order valence-electron chi connectivity index (χ4n) is 2.86. The third-order valence-corrected chi connectivity index (χ3v) is 6.30. The number of thioether (sulfide) groups is 1. The summed E-state index contributed by atoms with van der Waals surface area (Å²) in [6.07, 6.45) is 1.29. The molecule has 1 unspecified atom stereocenters. The van der Waals surface area contributed by atoms with Crippen LogP contribution in [0.4, 0.5) is 5.69 Å². The molecule has 0 saturated carbocycles. The van der Waals surface area contributed by atoms with E-state index in [1.807, 2.05) is 42.9 Å². The molecule has 2 heterocycles. The van der Waals surface area contributed by atoms with Crippen LogP contribution in [-0.2, 0) is 11.3 Å². The molecule has 0 fully saturated rings. The maximum atomic E-state index is 12.9. The van der Waals surface area contributed by atoms with E-state index in [0.29, 0.717) is 17.7 Å². The van der Waals surface area contributed by atoms with Crippen LogP contribution >= 0.6 is 23.1 Å². The molecule has 0 aliphatic rings. The summed E-state index contributed by atoms with van der Waals surface area (Å²) < 4.78 is 2.03. The van der Waals surface area contributed by atoms with E-state index in [4.69, 9.17) is 0 Å². The molecule has 0 aliphatic heterocycles. The molecule has 3 rings (SSSR count). The summed E-state index contributed by atoms with van der Waals surface area (Å²) in [4.78, 5) is 25.6. The number of hydrogen-bond donors (Lipinski definition) is 1. The first-order chi connectivity index (χ1) is 14.0. The lowest BCUT2D eigenvalue weighted by molar-refractivity contribution is -0.116. The second kappa shape index (κ2) is 9.84. The van der Waals surface area contributed by atoms with Crippen molar-refractivity contribution in [2.24, 2.45) is 0 Å². The Bertz CT molecular complexity index is 965. The Hall–Kier alpha value is -2.45. The van der Waals surface area contributed by atoms with Crippen LogP contribution in [0.15, 0.2) is 46.9 Å². The minimum Gasteiger partial charge on any atom is -0.326 e. The Morgan fingerprint density at radius 2 is 1.93 bits per heavy atom. The van der Waals surface area contributed by atoms with Crippen LogP contribution in [0.2, 0.25) is 0 Å². The average molecular weight is 429 g/mol. The number of nitrogens with zero attached hydrogens (tertiary/aromatic N) is 3. The molecular formula is C21H24N4O2S2. The Labute approximate surface area is 178 Å². The minimum absolute atomic E-state index is 0.0176. The van der Waals surface area contributed by atoms with Gasteiger partial charge in [-0.05, 0) is 56.0 Å². The Balaban J connectivity index is 1.69. The number of nitrogens with one attached hydrogen (secondary N) is 1. The molecule has 8 heteroatoms. The lowest BCUT2D eigenvalue weighted by Gasteiger charge is -2.12. The van der Waals surface area contributed by atoms with Crippen molar-refractivity contribution in [2.45, 2.75) is 50.6 Å². The number of hydrogen-bond acceptors (Lipinski definition) is 6. The molecule has 0 saturated heterocycles. The fraction of sp³-hybridized carbons (Fsp3) is 0.333. The summed E-state index contributed by atoms with van der Waals surface area (Å²) in [6, 6.07) is 11.0. The van der Waals surface area contributed by atoms with Gasteiger partial charge >= 0.3 is 0 Å². The summed E-state index contributed by atoms with van der Waals surface area (Å²) in [5.74, 6) is 0.831. The van der Waals surface area contributed by atoms with Crippen LogP contribution in [0.5, 0.6) is 0 Å². The van der Waals surface area contributed by atoms with E-state index in [1.165, 1.54) is 11.8 Å². The number of carbonyl (C=O) groups excluding carboxylic acids is 2. The third-order valence-electron chi connectivity index (χ3n) is 4.36. The lowest BCUT2D eigenvalue weighted by Crippen LogP contribution is -2.15. The van der Waals surface area contributed by atoms with Gasteiger partial charge < -0.3 is 9.88 Å². The van der Waals surface area contributed by atoms with Gasteiger partial charge in [0.2, 0.25) is 5.91 Å². The first-order valence-corrected chi connectivity index (χ1v) is 11.4. The van der Waals surface area contributed by atoms with Crippen LogP contribution in [0.25, 0.3) is 10.7 Å². The number of ketones is 1. The zero-order chi connectivity index (χ0) is 20.8. The summed E-state index contributed by atoms with van der Waals surface area (Å²) in [7, 11) is 0. The number of amides is 1. The predicted octanol–water partition coefficient (Wildman–Crippen LogP) is 5.13. The highest BCUT2D eigenvalue weighted by Crippen LogP contribution is 2.30. The molecular weight excluding hydrogens is 404 g/mol. The maximum Gasteiger partial charge on any atom is 0.224 e. The standard InChI is InChI=1S/C21H24N4O2S2/c1-4-7-18(26)22-16-11-9-15(10-12-16)19(27)14(3)29-21-24-23-20(25(21)5-2)17-8-6-13-28-17/h6,8-14H,4-5,7H2,1-3H3,(H,22,26). The zero-order valence-corrected chi connectivity index (χ0v) is 18.3. The number of benzene rings is 1. The highest BCUT2D eigenvalue weighted by Gasteiger charge is 2.21. The van der Waals surface area contributed by atoms with Gasteiger partial charge in [-0.15, -0.1) is 21.5 Å². The van der Waals surface area contributed by atoms with E-state index in [9.17, 15) is 9.59 Å². The Kier molecular flexibility index (Phi) is 7.22. The molecule has 1 atom stereocenters. The third kappa shape index (κ3) is 5.13. The van der Waals surface area contributed by atoms with Crippen molar-refractivity contribution in [3.63, 3.8) is 0 Å². The van der Waals surface area contributed by atoms with Gasteiger partial charge in [-0.25, -0.2) is 0 Å². The van der Waals surface area contributed by atoms with E-state index < -0.39 is 0 Å². The normalized spacial score (nSPS) is 12.0. The summed E-state index contributed by atoms with van der Waals surface area (Å²) in [5, 5.41) is 13.9. The topological polar surface area (TPSA) is 76.9 Å². The molecule has 0 bridgehead atoms. The van der Waals surface area contributed by atoms with Crippen molar-refractivity contribution in [3.05, 3.63) is 47.3 Å². The van der Waals surface area contributed by atoms with E-state index in [2.05, 4.69) is 15.5 Å². The first kappa shape index (κ1) is 21.3. The minimum atomic E-state index is -0.304. The van der Waals surface area contributed by atoms with Crippen molar-refractivity contribution >= 4 is 40.5 Å². The number of carbonyl (C=O) groups is 2. The molecule has 0 aliphatic carbocycles. The summed E-state index contributed by atoms with van der Waals surface area (Å²) in [5.41, 5.74) is 1.31. The fourth-order valence-corrected chi connectivity index (χ4v) is 4.57. The van der Waals surface area contributed by atoms with Crippen molar-refractivity contribution in [3.8, 4) is 10.7 Å². The van der Waals surface area contributed by atoms with Gasteiger partial charge in [0.1, 0.15) is 0 Å². The van der Waals surface area contributed by atoms with Gasteiger partial charge in [0.05, 0.1) is 10.1 Å². The molecule has 0 radical (unpaired) electrons. The van der Waals surface area contributed by atoms with E-state index in [-0.39, 0.29) is 16.9 Å². The lowest BCUT2D eigenvalue weighted by atomic mass is 10.1. The highest BCUT2D eigenvalue weighted by molar-refractivity contribution is 8.00. The van der Waals surface area contributed by atoms with Crippen molar-refractivity contribution < 1.29 is 9.59 Å². The number of thiophene rings is 1. The monoisotopic (exact) mass is 428 g/mol. The number of aromatic nitrogens is 3. The Morgan fingerprint density at radius 3 is 2.55 bits per heavy atom. The van der Waals surface area contributed by atoms with Gasteiger partial charge in [0, 0.05) is 24.2 Å². The average Bonchev–Trinajstić information content (AvgIpc) is 3.37. The van der Waals surface area contributed by atoms with Crippen LogP contribution in [0.1, 0.15) is 44.0 Å². The number of rotatable bonds is 9. The van der Waals surface area contributed by atoms with E-state index in [1.54, 1.807) is 35.6 Å². The SMILES string of the molecule is CCCC(=O)Nc1ccc(C(=O)C(C)Sc2nnc(-c3cccs3)n2CC)cc1. The van der Waals surface area contributed by atoms with E-state index in [0.717, 1.165) is 28.8 Å². The Morgan fingerprint density at radius 1 is 1.17 bits per heavy atom. The first-order valence-electron chi connectivity index (χ1n) is 9.61. The van der Waals surface area contributed by atoms with Crippen molar-refractivity contribution in [2.75, 3.05) is 5.32 Å². The molecule has 29 heavy (non-hydrogen) atoms. The van der Waals surface area contributed by atoms with Crippen molar-refractivity contribution in [1.29, 1.82) is 0 Å². The van der Waals surface area contributed by atoms with Crippen molar-refractivity contribution in [1.82, 2.24) is 14.8 Å². The smallest absolute Gasteiger partial charge is 0.224 e. The molecule has 1 aromatic carbocycles. The zero-order valence-electron chi connectivity index (χ0n) is 16.7. The van der Waals surface area contributed by atoms with Gasteiger partial charge in [-0.1, -0.05) is 24.8 Å². The largest absolute Gasteiger partial charge is 0.326 e. The molecule has 1 N–H and O–H groups in total. The molecule has 2 aromatic heterocycles. The summed E-state index contributed by atoms with van der Waals surface area (Å²) in [6.45, 7) is 6.62. The van der Waals surface area contributed by atoms with Gasteiger partial charge in [0.25, 0.3) is 0 Å². The molecule has 3 aromatic rings. The van der Waals surface area contributed by atoms with Gasteiger partial charge in [-0.2, -0.15) is 0 Å². The molecule has 1 amide bonds. The molecule has 0 spiro atoms. The van der Waals surface area contributed by atoms with Crippen LogP contribution < -0.4 is 5.32 Å². The highest BCUT2D eigenvalue weighted by atomic mass is 32.2. The second-order valence-electron chi connectivity index (χ2n) is 6.53. The summed E-state index contributed by atoms with van der Waals surface area (Å²) >= 11 is 3.03. The number of Topliss-reactive ketones (excluding diaryl/α,β-unsaturated/α-hetero) is 1. The second-order valence-corrected chi connectivity index (χ2v) is 8.78. The van der Waals surface area contributed by atoms with Gasteiger partial charge in [-0.3, -0.25) is 9.59 Å². The van der Waals surface area contributed by atoms with Crippen LogP contribution in [-0.4, -0.2) is 31.7 Å². The van der Waals surface area contributed by atoms with Crippen LogP contribution in [0.3, 0.4) is 0 Å². The number of anilines is 1. The predicted molar refractivity (Wildman–Crippen MR) is 119 cm³/mol.